The lowest BCUT2D eigenvalue weighted by Crippen LogP contribution is -2.74. The number of hydrogen-bond acceptors (Lipinski definition) is 4. The molecule has 9 rings (SSSR count). The van der Waals surface area contributed by atoms with E-state index < -0.39 is 11.0 Å². The summed E-state index contributed by atoms with van der Waals surface area (Å²) in [5.41, 5.74) is 8.24. The fourth-order valence-electron chi connectivity index (χ4n) is 9.39. The zero-order chi connectivity index (χ0) is 28.5. The molecule has 5 nitrogen and oxygen atoms in total. The first-order valence-corrected chi connectivity index (χ1v) is 16.0. The van der Waals surface area contributed by atoms with Crippen molar-refractivity contribution in [3.63, 3.8) is 0 Å². The van der Waals surface area contributed by atoms with Gasteiger partial charge in [-0.3, -0.25) is 4.90 Å². The van der Waals surface area contributed by atoms with Crippen LogP contribution in [0.5, 0.6) is 11.5 Å². The molecule has 1 saturated heterocycles. The highest BCUT2D eigenvalue weighted by Crippen LogP contribution is 2.69. The maximum absolute atomic E-state index is 13.3. The van der Waals surface area contributed by atoms with Gasteiger partial charge in [0.1, 0.15) is 0 Å². The predicted molar refractivity (Wildman–Crippen MR) is 165 cm³/mol. The first kappa shape index (κ1) is 25.2. The lowest BCUT2D eigenvalue weighted by atomic mass is 9.49. The minimum atomic E-state index is -0.972. The highest BCUT2D eigenvalue weighted by molar-refractivity contribution is 5.88. The van der Waals surface area contributed by atoms with Gasteiger partial charge in [0.25, 0.3) is 0 Å². The summed E-state index contributed by atoms with van der Waals surface area (Å²) in [5.74, 6) is 1.98. The van der Waals surface area contributed by atoms with Crippen LogP contribution in [0.1, 0.15) is 84.2 Å². The van der Waals surface area contributed by atoms with Gasteiger partial charge in [-0.15, -0.1) is 0 Å². The minimum Gasteiger partial charge on any atom is -0.504 e. The number of hydrogen-bond donors (Lipinski definition) is 2. The van der Waals surface area contributed by atoms with Gasteiger partial charge in [-0.05, 0) is 91.4 Å². The van der Waals surface area contributed by atoms with Gasteiger partial charge >= 0.3 is 0 Å². The number of piperidine rings is 1. The molecule has 4 atom stereocenters. The van der Waals surface area contributed by atoms with Crippen LogP contribution in [-0.4, -0.2) is 44.4 Å². The molecular weight excluding hydrogens is 520 g/mol. The molecule has 5 heteroatoms. The monoisotopic (exact) mass is 560 g/mol. The number of aryl methyl sites for hydroxylation is 1. The molecule has 2 N–H and O–H groups in total. The number of likely N-dealkylation sites (tertiary alicyclic amines) is 1. The molecule has 0 amide bonds. The van der Waals surface area contributed by atoms with Crippen molar-refractivity contribution in [2.24, 2.45) is 5.92 Å². The molecule has 216 valence electrons. The third-order valence-corrected chi connectivity index (χ3v) is 11.5. The number of rotatable bonds is 5. The molecule has 3 aliphatic carbocycles. The summed E-state index contributed by atoms with van der Waals surface area (Å²) in [6, 6.07) is 19.7. The Kier molecular flexibility index (Phi) is 5.06. The van der Waals surface area contributed by atoms with Gasteiger partial charge in [0.05, 0.1) is 16.7 Å². The average molecular weight is 561 g/mol. The van der Waals surface area contributed by atoms with Crippen molar-refractivity contribution in [2.45, 2.75) is 88.5 Å². The van der Waals surface area contributed by atoms with Crippen LogP contribution in [0.4, 0.5) is 0 Å². The van der Waals surface area contributed by atoms with Crippen molar-refractivity contribution in [3.05, 3.63) is 93.7 Å². The Morgan fingerprint density at radius 3 is 2.71 bits per heavy atom. The summed E-state index contributed by atoms with van der Waals surface area (Å²) >= 11 is 0. The standard InChI is InChI=1S/C37H40N2O3/c1-21(2)25-9-11-29-27(16-25)28-18-37(41)31-17-26-10-12-30(40)34-32(26)36(37,13-14-38(31)19-23-7-8-23)35(42-34)33(28)39(29)20-24-6-4-5-22(3)15-24/h4-6,9-12,15-16,21,23,31,35,40-41H,7-8,13-14,17-20H2,1-3H3/t31-,35+,36+,37-/m1/s1. The summed E-state index contributed by atoms with van der Waals surface area (Å²) in [6.07, 6.45) is 4.52. The topological polar surface area (TPSA) is 57.9 Å². The maximum Gasteiger partial charge on any atom is 0.166 e. The first-order valence-electron chi connectivity index (χ1n) is 16.0. The largest absolute Gasteiger partial charge is 0.504 e. The van der Waals surface area contributed by atoms with Gasteiger partial charge in [-0.1, -0.05) is 55.8 Å². The molecular formula is C37H40N2O3. The molecule has 0 unspecified atom stereocenters. The second-order valence-corrected chi connectivity index (χ2v) is 14.3. The van der Waals surface area contributed by atoms with Gasteiger partial charge in [-0.2, -0.15) is 0 Å². The van der Waals surface area contributed by atoms with Crippen molar-refractivity contribution in [3.8, 4) is 11.5 Å². The van der Waals surface area contributed by atoms with E-state index in [2.05, 4.69) is 78.8 Å². The lowest BCUT2D eigenvalue weighted by molar-refractivity contribution is -0.173. The highest BCUT2D eigenvalue weighted by Gasteiger charge is 2.73. The third-order valence-electron chi connectivity index (χ3n) is 11.5. The fourth-order valence-corrected chi connectivity index (χ4v) is 9.39. The first-order chi connectivity index (χ1) is 20.3. The molecule has 1 aromatic heterocycles. The predicted octanol–water partition coefficient (Wildman–Crippen LogP) is 6.53. The van der Waals surface area contributed by atoms with Crippen LogP contribution < -0.4 is 4.74 Å². The van der Waals surface area contributed by atoms with E-state index in [1.807, 2.05) is 6.07 Å². The van der Waals surface area contributed by atoms with E-state index in [1.54, 1.807) is 0 Å². The van der Waals surface area contributed by atoms with E-state index in [0.29, 0.717) is 18.1 Å². The van der Waals surface area contributed by atoms with Crippen LogP contribution in [0.25, 0.3) is 10.9 Å². The third kappa shape index (κ3) is 3.16. The van der Waals surface area contributed by atoms with Crippen molar-refractivity contribution in [1.29, 1.82) is 0 Å². The molecule has 2 bridgehead atoms. The van der Waals surface area contributed by atoms with E-state index in [9.17, 15) is 10.2 Å². The Hall–Kier alpha value is -3.28. The van der Waals surface area contributed by atoms with Crippen LogP contribution in [0.3, 0.4) is 0 Å². The van der Waals surface area contributed by atoms with Crippen LogP contribution in [0.2, 0.25) is 0 Å². The SMILES string of the molecule is Cc1cccc(Cn2c3c(c4cc(C(C)C)ccc42)C[C@@]2(O)[C@H]4Cc5ccc(O)c6c5[C@@]2(CCN4CC2CC2)[C@H]3O6)c1. The average Bonchev–Trinajstić information content (AvgIpc) is 3.64. The Labute approximate surface area is 247 Å². The molecule has 5 aliphatic rings. The zero-order valence-corrected chi connectivity index (χ0v) is 24.9. The minimum absolute atomic E-state index is 0.0394. The van der Waals surface area contributed by atoms with Crippen LogP contribution in [0, 0.1) is 12.8 Å². The van der Waals surface area contributed by atoms with E-state index in [-0.39, 0.29) is 17.9 Å². The van der Waals surface area contributed by atoms with Gasteiger partial charge in [0.2, 0.25) is 0 Å². The van der Waals surface area contributed by atoms with Crippen LogP contribution in [-0.2, 0) is 24.8 Å². The number of ether oxygens (including phenoxy) is 1. The molecule has 2 fully saturated rings. The van der Waals surface area contributed by atoms with Crippen molar-refractivity contribution in [2.75, 3.05) is 13.1 Å². The normalized spacial score (nSPS) is 29.1. The summed E-state index contributed by atoms with van der Waals surface area (Å²) in [7, 11) is 0. The van der Waals surface area contributed by atoms with Gasteiger partial charge < -0.3 is 19.5 Å². The molecule has 4 aromatic rings. The van der Waals surface area contributed by atoms with E-state index in [1.165, 1.54) is 57.3 Å². The smallest absolute Gasteiger partial charge is 0.166 e. The Morgan fingerprint density at radius 1 is 1.07 bits per heavy atom. The van der Waals surface area contributed by atoms with Crippen LogP contribution >= 0.6 is 0 Å². The van der Waals surface area contributed by atoms with Crippen molar-refractivity contribution >= 4 is 10.9 Å². The number of nitrogens with zero attached hydrogens (tertiary/aromatic N) is 2. The molecule has 0 radical (unpaired) electrons. The number of phenols is 1. The molecule has 2 aliphatic heterocycles. The van der Waals surface area contributed by atoms with Gasteiger partial charge in [0, 0.05) is 42.0 Å². The quantitative estimate of drug-likeness (QED) is 0.292. The Morgan fingerprint density at radius 2 is 1.93 bits per heavy atom. The second-order valence-electron chi connectivity index (χ2n) is 14.3. The van der Waals surface area contributed by atoms with Crippen LogP contribution in [0.15, 0.2) is 54.6 Å². The molecule has 1 spiro atoms. The molecule has 42 heavy (non-hydrogen) atoms. The number of fused-ring (bicyclic) bond motifs is 4. The fraction of sp³-hybridized carbons (Fsp3) is 0.459. The Balaban J connectivity index is 1.32. The number of aromatic hydroxyl groups is 1. The van der Waals surface area contributed by atoms with E-state index >= 15 is 0 Å². The number of benzene rings is 3. The Bertz CT molecular complexity index is 1780. The summed E-state index contributed by atoms with van der Waals surface area (Å²) in [6.45, 7) is 9.44. The summed E-state index contributed by atoms with van der Waals surface area (Å²) in [4.78, 5) is 2.62. The van der Waals surface area contributed by atoms with E-state index in [4.69, 9.17) is 4.74 Å². The van der Waals surface area contributed by atoms with Crippen molar-refractivity contribution < 1.29 is 14.9 Å². The number of phenolic OH excluding ortho intramolecular Hbond substituents is 1. The highest BCUT2D eigenvalue weighted by atomic mass is 16.5. The summed E-state index contributed by atoms with van der Waals surface area (Å²) in [5, 5.41) is 25.7. The second kappa shape index (κ2) is 8.42. The zero-order valence-electron chi connectivity index (χ0n) is 24.9. The number of aromatic nitrogens is 1. The summed E-state index contributed by atoms with van der Waals surface area (Å²) < 4.78 is 9.47. The maximum atomic E-state index is 13.3. The lowest BCUT2D eigenvalue weighted by Gasteiger charge is -2.63. The molecule has 3 heterocycles. The molecule has 3 aromatic carbocycles. The van der Waals surface area contributed by atoms with E-state index in [0.717, 1.165) is 44.0 Å². The van der Waals surface area contributed by atoms with Crippen molar-refractivity contribution in [1.82, 2.24) is 9.47 Å². The van der Waals surface area contributed by atoms with Gasteiger partial charge in [-0.25, -0.2) is 0 Å². The van der Waals surface area contributed by atoms with Gasteiger partial charge in [0.15, 0.2) is 17.6 Å². The number of aliphatic hydroxyl groups is 1. The molecule has 1 saturated carbocycles.